The van der Waals surface area contributed by atoms with Crippen LogP contribution in [0.3, 0.4) is 0 Å². The van der Waals surface area contributed by atoms with Crippen LogP contribution in [0.15, 0.2) is 18.3 Å². The number of aromatic nitrogens is 1. The first-order chi connectivity index (χ1) is 10.8. The van der Waals surface area contributed by atoms with Crippen molar-refractivity contribution in [1.29, 1.82) is 0 Å². The molecule has 1 aromatic heterocycles. The number of carbonyl (C=O) groups excluding carboxylic acids is 1. The fourth-order valence-electron chi connectivity index (χ4n) is 2.71. The fourth-order valence-corrected chi connectivity index (χ4v) is 2.71. The average molecular weight is 319 g/mol. The van der Waals surface area contributed by atoms with E-state index in [4.69, 9.17) is 4.74 Å². The highest BCUT2D eigenvalue weighted by molar-refractivity contribution is 5.87. The molecular weight excluding hydrogens is 290 g/mol. The first kappa shape index (κ1) is 17.7. The summed E-state index contributed by atoms with van der Waals surface area (Å²) in [5.41, 5.74) is 0.663. The summed E-state index contributed by atoms with van der Waals surface area (Å²) >= 11 is 0. The Bertz CT molecular complexity index is 516. The lowest BCUT2D eigenvalue weighted by Gasteiger charge is -2.30. The predicted molar refractivity (Wildman–Crippen MR) is 92.7 cm³/mol. The molecule has 2 rings (SSSR count). The number of amides is 1. The van der Waals surface area contributed by atoms with E-state index in [0.717, 1.165) is 19.4 Å². The molecule has 23 heavy (non-hydrogen) atoms. The lowest BCUT2D eigenvalue weighted by atomic mass is 10.1. The number of rotatable bonds is 4. The van der Waals surface area contributed by atoms with Crippen molar-refractivity contribution in [2.24, 2.45) is 0 Å². The normalized spacial score (nSPS) is 19.4. The molecule has 1 aliphatic rings. The third kappa shape index (κ3) is 4.67. The number of pyridine rings is 1. The first-order valence-corrected chi connectivity index (χ1v) is 8.53. The fraction of sp³-hybridized carbons (Fsp3) is 0.667. The van der Waals surface area contributed by atoms with Crippen LogP contribution in [0.5, 0.6) is 0 Å². The van der Waals surface area contributed by atoms with Gasteiger partial charge >= 0.3 is 6.09 Å². The van der Waals surface area contributed by atoms with Crippen LogP contribution in [-0.2, 0) is 4.74 Å². The third-order valence-corrected chi connectivity index (χ3v) is 4.10. The minimum atomic E-state index is -0.517. The van der Waals surface area contributed by atoms with E-state index in [2.05, 4.69) is 23.3 Å². The summed E-state index contributed by atoms with van der Waals surface area (Å²) in [7, 11) is 0. The van der Waals surface area contributed by atoms with Crippen LogP contribution in [0.2, 0.25) is 0 Å². The zero-order valence-corrected chi connectivity index (χ0v) is 14.9. The molecule has 2 heterocycles. The average Bonchev–Trinajstić information content (AvgIpc) is 3.00. The van der Waals surface area contributed by atoms with Crippen LogP contribution in [-0.4, -0.2) is 29.3 Å². The van der Waals surface area contributed by atoms with E-state index in [9.17, 15) is 4.79 Å². The Morgan fingerprint density at radius 2 is 2.22 bits per heavy atom. The van der Waals surface area contributed by atoms with Gasteiger partial charge in [-0.25, -0.2) is 9.78 Å². The zero-order chi connectivity index (χ0) is 17.0. The number of ether oxygens (including phenoxy) is 1. The number of nitrogens with one attached hydrogen (secondary N) is 1. The molecule has 0 bridgehead atoms. The van der Waals surface area contributed by atoms with Crippen LogP contribution >= 0.6 is 0 Å². The molecule has 1 aliphatic heterocycles. The second kappa shape index (κ2) is 7.30. The molecular formula is C18H29N3O2. The predicted octanol–water partition coefficient (Wildman–Crippen LogP) is 4.05. The Hall–Kier alpha value is -1.62. The van der Waals surface area contributed by atoms with Gasteiger partial charge in [-0.15, -0.1) is 0 Å². The largest absolute Gasteiger partial charge is 0.443 e. The zero-order valence-electron chi connectivity index (χ0n) is 14.9. The smallest absolute Gasteiger partial charge is 0.416 e. The maximum Gasteiger partial charge on any atom is 0.416 e. The van der Waals surface area contributed by atoms with Crippen molar-refractivity contribution in [2.45, 2.75) is 71.6 Å². The second-order valence-electron chi connectivity index (χ2n) is 7.21. The summed E-state index contributed by atoms with van der Waals surface area (Å²) in [6.45, 7) is 10.8. The van der Waals surface area contributed by atoms with Crippen LogP contribution in [0, 0.1) is 0 Å². The number of hydrogen-bond acceptors (Lipinski definition) is 4. The van der Waals surface area contributed by atoms with Crippen molar-refractivity contribution in [3.05, 3.63) is 23.9 Å². The van der Waals surface area contributed by atoms with Gasteiger partial charge in [-0.3, -0.25) is 4.90 Å². The van der Waals surface area contributed by atoms with Crippen LogP contribution in [0.25, 0.3) is 0 Å². The Labute approximate surface area is 139 Å². The number of hydrogen-bond donors (Lipinski definition) is 1. The molecule has 1 saturated heterocycles. The standard InChI is InChI=1S/C18H29N3O2/c1-6-13(2)21(17(22)23-18(3,4)5)16-10-9-14(12-20-16)15-8-7-11-19-15/h9-10,12-13,15,19H,6-8,11H2,1-5H3/t13-,15+/m1/s1. The number of anilines is 1. The molecule has 1 aromatic rings. The molecule has 1 fully saturated rings. The SMILES string of the molecule is CC[C@@H](C)N(C(=O)OC(C)(C)C)c1ccc([C@@H]2CCCN2)cn1. The first-order valence-electron chi connectivity index (χ1n) is 8.53. The molecule has 5 heteroatoms. The van der Waals surface area contributed by atoms with Crippen molar-refractivity contribution in [2.75, 3.05) is 11.4 Å². The molecule has 0 aliphatic carbocycles. The molecule has 1 N–H and O–H groups in total. The van der Waals surface area contributed by atoms with E-state index in [1.807, 2.05) is 40.0 Å². The summed E-state index contributed by atoms with van der Waals surface area (Å²) < 4.78 is 5.54. The summed E-state index contributed by atoms with van der Waals surface area (Å²) in [4.78, 5) is 18.7. The van der Waals surface area contributed by atoms with Gasteiger partial charge in [-0.1, -0.05) is 13.0 Å². The van der Waals surface area contributed by atoms with E-state index < -0.39 is 5.60 Å². The maximum absolute atomic E-state index is 12.6. The topological polar surface area (TPSA) is 54.5 Å². The molecule has 128 valence electrons. The Balaban J connectivity index is 2.19. The van der Waals surface area contributed by atoms with E-state index in [1.54, 1.807) is 4.90 Å². The Morgan fingerprint density at radius 1 is 1.48 bits per heavy atom. The van der Waals surface area contributed by atoms with Crippen molar-refractivity contribution in [3.8, 4) is 0 Å². The summed E-state index contributed by atoms with van der Waals surface area (Å²) in [5, 5.41) is 3.46. The van der Waals surface area contributed by atoms with Gasteiger partial charge in [0.05, 0.1) is 0 Å². The molecule has 0 saturated carbocycles. The highest BCUT2D eigenvalue weighted by Gasteiger charge is 2.28. The van der Waals surface area contributed by atoms with Gasteiger partial charge < -0.3 is 10.1 Å². The van der Waals surface area contributed by atoms with Gasteiger partial charge in [-0.2, -0.15) is 0 Å². The molecule has 0 radical (unpaired) electrons. The summed E-state index contributed by atoms with van der Waals surface area (Å²) in [6.07, 6.45) is 4.71. The molecule has 1 amide bonds. The van der Waals surface area contributed by atoms with Crippen molar-refractivity contribution in [1.82, 2.24) is 10.3 Å². The Kier molecular flexibility index (Phi) is 5.63. The van der Waals surface area contributed by atoms with Crippen molar-refractivity contribution in [3.63, 3.8) is 0 Å². The minimum Gasteiger partial charge on any atom is -0.443 e. The van der Waals surface area contributed by atoms with Gasteiger partial charge in [0.2, 0.25) is 0 Å². The van der Waals surface area contributed by atoms with Crippen molar-refractivity contribution >= 4 is 11.9 Å². The monoisotopic (exact) mass is 319 g/mol. The van der Waals surface area contributed by atoms with Crippen molar-refractivity contribution < 1.29 is 9.53 Å². The highest BCUT2D eigenvalue weighted by atomic mass is 16.6. The van der Waals surface area contributed by atoms with Gasteiger partial charge in [0.15, 0.2) is 0 Å². The van der Waals surface area contributed by atoms with E-state index >= 15 is 0 Å². The summed E-state index contributed by atoms with van der Waals surface area (Å²) in [5.74, 6) is 0.648. The highest BCUT2D eigenvalue weighted by Crippen LogP contribution is 2.25. The minimum absolute atomic E-state index is 0.0350. The van der Waals surface area contributed by atoms with Gasteiger partial charge in [0.25, 0.3) is 0 Å². The lowest BCUT2D eigenvalue weighted by Crippen LogP contribution is -2.42. The summed E-state index contributed by atoms with van der Waals surface area (Å²) in [6, 6.07) is 4.40. The van der Waals surface area contributed by atoms with Gasteiger partial charge in [-0.05, 0) is 65.1 Å². The molecule has 5 nitrogen and oxygen atoms in total. The second-order valence-corrected chi connectivity index (χ2v) is 7.21. The number of carbonyl (C=O) groups is 1. The number of nitrogens with zero attached hydrogens (tertiary/aromatic N) is 2. The van der Waals surface area contributed by atoms with Crippen LogP contribution in [0.1, 0.15) is 65.5 Å². The van der Waals surface area contributed by atoms with E-state index in [-0.39, 0.29) is 12.1 Å². The van der Waals surface area contributed by atoms with Crippen LogP contribution < -0.4 is 10.2 Å². The quantitative estimate of drug-likeness (QED) is 0.910. The maximum atomic E-state index is 12.6. The molecule has 2 atom stereocenters. The molecule has 0 unspecified atom stereocenters. The molecule has 0 aromatic carbocycles. The van der Waals surface area contributed by atoms with Gasteiger partial charge in [0.1, 0.15) is 11.4 Å². The van der Waals surface area contributed by atoms with Gasteiger partial charge in [0, 0.05) is 18.3 Å². The van der Waals surface area contributed by atoms with E-state index in [1.165, 1.54) is 12.0 Å². The Morgan fingerprint density at radius 3 is 2.70 bits per heavy atom. The van der Waals surface area contributed by atoms with E-state index in [0.29, 0.717) is 11.9 Å². The third-order valence-electron chi connectivity index (χ3n) is 4.10. The van der Waals surface area contributed by atoms with Crippen LogP contribution in [0.4, 0.5) is 10.6 Å². The lowest BCUT2D eigenvalue weighted by molar-refractivity contribution is 0.0566. The molecule has 0 spiro atoms.